The summed E-state index contributed by atoms with van der Waals surface area (Å²) in [5.41, 5.74) is 6.60. The van der Waals surface area contributed by atoms with Crippen molar-refractivity contribution < 1.29 is 4.79 Å². The van der Waals surface area contributed by atoms with E-state index in [0.29, 0.717) is 5.56 Å². The fourth-order valence-corrected chi connectivity index (χ4v) is 3.35. The zero-order valence-corrected chi connectivity index (χ0v) is 17.0. The highest BCUT2D eigenvalue weighted by Crippen LogP contribution is 2.22. The second-order valence-corrected chi connectivity index (χ2v) is 7.11. The van der Waals surface area contributed by atoms with Crippen LogP contribution in [0.5, 0.6) is 0 Å². The maximum Gasteiger partial charge on any atom is 0.272 e. The molecule has 0 saturated carbocycles. The summed E-state index contributed by atoms with van der Waals surface area (Å²) in [5, 5.41) is 8.88. The third-order valence-corrected chi connectivity index (χ3v) is 4.99. The van der Waals surface area contributed by atoms with Crippen LogP contribution in [0.2, 0.25) is 0 Å². The molecule has 1 aromatic heterocycles. The minimum atomic E-state index is -0.287. The quantitative estimate of drug-likeness (QED) is 0.345. The predicted octanol–water partition coefficient (Wildman–Crippen LogP) is 5.07. The van der Waals surface area contributed by atoms with Crippen LogP contribution in [0.25, 0.3) is 16.9 Å². The van der Waals surface area contributed by atoms with Gasteiger partial charge in [-0.15, -0.1) is 0 Å². The standard InChI is InChI=1S/C23H17BrN4O/c24-21-14-8-7-13-20(21)23(29)26-25-15-18-16-28(19-11-5-2-6-12-19)27-22(18)17-9-3-1-4-10-17/h1-16H,(H,26,29). The van der Waals surface area contributed by atoms with Gasteiger partial charge in [-0.05, 0) is 40.2 Å². The Kier molecular flexibility index (Phi) is 5.63. The van der Waals surface area contributed by atoms with Crippen LogP contribution in [-0.2, 0) is 0 Å². The number of hydrogen-bond acceptors (Lipinski definition) is 3. The second kappa shape index (κ2) is 8.67. The van der Waals surface area contributed by atoms with E-state index in [-0.39, 0.29) is 5.91 Å². The first-order valence-electron chi connectivity index (χ1n) is 9.01. The Bertz CT molecular complexity index is 1150. The number of para-hydroxylation sites is 1. The Balaban J connectivity index is 1.63. The van der Waals surface area contributed by atoms with E-state index < -0.39 is 0 Å². The summed E-state index contributed by atoms with van der Waals surface area (Å²) in [6.07, 6.45) is 3.51. The molecule has 4 aromatic rings. The van der Waals surface area contributed by atoms with Crippen molar-refractivity contribution in [2.24, 2.45) is 5.10 Å². The summed E-state index contributed by atoms with van der Waals surface area (Å²) >= 11 is 3.38. The first-order chi connectivity index (χ1) is 14.2. The number of hydrogen-bond donors (Lipinski definition) is 1. The van der Waals surface area contributed by atoms with Gasteiger partial charge in [-0.3, -0.25) is 4.79 Å². The van der Waals surface area contributed by atoms with Crippen LogP contribution >= 0.6 is 15.9 Å². The van der Waals surface area contributed by atoms with E-state index in [1.165, 1.54) is 0 Å². The Hall–Kier alpha value is -3.51. The van der Waals surface area contributed by atoms with E-state index in [9.17, 15) is 4.79 Å². The van der Waals surface area contributed by atoms with Gasteiger partial charge in [0, 0.05) is 21.8 Å². The molecule has 0 fully saturated rings. The summed E-state index contributed by atoms with van der Waals surface area (Å²) < 4.78 is 2.52. The molecule has 5 nitrogen and oxygen atoms in total. The summed E-state index contributed by atoms with van der Waals surface area (Å²) in [5.74, 6) is -0.287. The Morgan fingerprint density at radius 1 is 0.931 bits per heavy atom. The van der Waals surface area contributed by atoms with Gasteiger partial charge in [0.2, 0.25) is 0 Å². The lowest BCUT2D eigenvalue weighted by molar-refractivity contribution is 0.0954. The van der Waals surface area contributed by atoms with Crippen LogP contribution in [-0.4, -0.2) is 21.9 Å². The molecule has 0 aliphatic heterocycles. The Morgan fingerprint density at radius 3 is 2.31 bits per heavy atom. The number of amides is 1. The second-order valence-electron chi connectivity index (χ2n) is 6.26. The van der Waals surface area contributed by atoms with E-state index in [1.807, 2.05) is 79.0 Å². The number of hydrazone groups is 1. The molecular formula is C23H17BrN4O. The first-order valence-corrected chi connectivity index (χ1v) is 9.80. The van der Waals surface area contributed by atoms with Crippen LogP contribution in [0.4, 0.5) is 0 Å². The lowest BCUT2D eigenvalue weighted by Gasteiger charge is -2.02. The van der Waals surface area contributed by atoms with Crippen molar-refractivity contribution in [2.45, 2.75) is 0 Å². The monoisotopic (exact) mass is 444 g/mol. The average Bonchev–Trinajstić information content (AvgIpc) is 3.19. The zero-order chi connectivity index (χ0) is 20.1. The van der Waals surface area contributed by atoms with E-state index in [4.69, 9.17) is 5.10 Å². The average molecular weight is 445 g/mol. The number of carbonyl (C=O) groups excluding carboxylic acids is 1. The normalized spacial score (nSPS) is 10.9. The highest BCUT2D eigenvalue weighted by atomic mass is 79.9. The zero-order valence-electron chi connectivity index (χ0n) is 15.4. The Labute approximate surface area is 176 Å². The van der Waals surface area contributed by atoms with Crippen LogP contribution in [0.15, 0.2) is 101 Å². The van der Waals surface area contributed by atoms with Crippen LogP contribution in [0, 0.1) is 0 Å². The Morgan fingerprint density at radius 2 is 1.59 bits per heavy atom. The molecule has 142 valence electrons. The van der Waals surface area contributed by atoms with Crippen LogP contribution in [0.1, 0.15) is 15.9 Å². The van der Waals surface area contributed by atoms with Gasteiger partial charge in [0.05, 0.1) is 17.5 Å². The third kappa shape index (κ3) is 4.33. The van der Waals surface area contributed by atoms with Gasteiger partial charge in [0.1, 0.15) is 5.69 Å². The number of nitrogens with zero attached hydrogens (tertiary/aromatic N) is 3. The van der Waals surface area contributed by atoms with Gasteiger partial charge in [-0.25, -0.2) is 10.1 Å². The minimum Gasteiger partial charge on any atom is -0.267 e. The highest BCUT2D eigenvalue weighted by molar-refractivity contribution is 9.10. The largest absolute Gasteiger partial charge is 0.272 e. The van der Waals surface area contributed by atoms with E-state index in [0.717, 1.165) is 27.0 Å². The number of carbonyl (C=O) groups is 1. The van der Waals surface area contributed by atoms with E-state index in [2.05, 4.69) is 26.5 Å². The van der Waals surface area contributed by atoms with Gasteiger partial charge in [-0.1, -0.05) is 60.7 Å². The molecule has 1 heterocycles. The predicted molar refractivity (Wildman–Crippen MR) is 118 cm³/mol. The van der Waals surface area contributed by atoms with Crippen LogP contribution in [0.3, 0.4) is 0 Å². The molecule has 1 amide bonds. The molecular weight excluding hydrogens is 428 g/mol. The molecule has 1 N–H and O–H groups in total. The molecule has 29 heavy (non-hydrogen) atoms. The van der Waals surface area contributed by atoms with Gasteiger partial charge >= 0.3 is 0 Å². The number of aromatic nitrogens is 2. The highest BCUT2D eigenvalue weighted by Gasteiger charge is 2.12. The molecule has 0 atom stereocenters. The van der Waals surface area contributed by atoms with Gasteiger partial charge < -0.3 is 0 Å². The lowest BCUT2D eigenvalue weighted by Crippen LogP contribution is -2.18. The lowest BCUT2D eigenvalue weighted by atomic mass is 10.1. The van der Waals surface area contributed by atoms with Crippen molar-refractivity contribution in [3.63, 3.8) is 0 Å². The van der Waals surface area contributed by atoms with Gasteiger partial charge in [-0.2, -0.15) is 10.2 Å². The van der Waals surface area contributed by atoms with Gasteiger partial charge in [0.25, 0.3) is 5.91 Å². The van der Waals surface area contributed by atoms with Crippen molar-refractivity contribution in [1.82, 2.24) is 15.2 Å². The van der Waals surface area contributed by atoms with Crippen molar-refractivity contribution in [1.29, 1.82) is 0 Å². The third-order valence-electron chi connectivity index (χ3n) is 4.30. The van der Waals surface area contributed by atoms with E-state index in [1.54, 1.807) is 23.0 Å². The molecule has 0 aliphatic carbocycles. The molecule has 0 radical (unpaired) electrons. The van der Waals surface area contributed by atoms with Crippen molar-refractivity contribution in [3.8, 4) is 16.9 Å². The minimum absolute atomic E-state index is 0.287. The molecule has 6 heteroatoms. The molecule has 0 saturated heterocycles. The molecule has 4 rings (SSSR count). The van der Waals surface area contributed by atoms with Crippen molar-refractivity contribution in [2.75, 3.05) is 0 Å². The number of halogens is 1. The fraction of sp³-hybridized carbons (Fsp3) is 0. The summed E-state index contributed by atoms with van der Waals surface area (Å²) in [4.78, 5) is 12.4. The topological polar surface area (TPSA) is 59.3 Å². The number of benzene rings is 3. The molecule has 0 aliphatic rings. The number of rotatable bonds is 5. The molecule has 0 spiro atoms. The van der Waals surface area contributed by atoms with Crippen molar-refractivity contribution >= 4 is 28.1 Å². The summed E-state index contributed by atoms with van der Waals surface area (Å²) in [6, 6.07) is 26.9. The molecule has 3 aromatic carbocycles. The smallest absolute Gasteiger partial charge is 0.267 e. The van der Waals surface area contributed by atoms with E-state index >= 15 is 0 Å². The van der Waals surface area contributed by atoms with Gasteiger partial charge in [0.15, 0.2) is 0 Å². The maximum atomic E-state index is 12.4. The summed E-state index contributed by atoms with van der Waals surface area (Å²) in [7, 11) is 0. The maximum absolute atomic E-state index is 12.4. The van der Waals surface area contributed by atoms with Crippen LogP contribution < -0.4 is 5.43 Å². The van der Waals surface area contributed by atoms with Crippen molar-refractivity contribution in [3.05, 3.63) is 107 Å². The SMILES string of the molecule is O=C(NN=Cc1cn(-c2ccccc2)nc1-c1ccccc1)c1ccccc1Br. The molecule has 0 bridgehead atoms. The first kappa shape index (κ1) is 18.8. The molecule has 0 unspecified atom stereocenters. The fourth-order valence-electron chi connectivity index (χ4n) is 2.88. The number of nitrogens with one attached hydrogen (secondary N) is 1. The summed E-state index contributed by atoms with van der Waals surface area (Å²) in [6.45, 7) is 0.